The maximum atomic E-state index is 13.6. The minimum atomic E-state index is -0.767. The lowest BCUT2D eigenvalue weighted by Crippen LogP contribution is -2.13. The van der Waals surface area contributed by atoms with Crippen LogP contribution in [0.5, 0.6) is 0 Å². The van der Waals surface area contributed by atoms with E-state index in [0.717, 1.165) is 18.2 Å². The predicted molar refractivity (Wildman–Crippen MR) is 80.2 cm³/mol. The number of nitro groups is 1. The molecule has 0 unspecified atom stereocenters. The molecule has 0 aliphatic rings. The van der Waals surface area contributed by atoms with Crippen LogP contribution in [0.2, 0.25) is 5.02 Å². The fourth-order valence-corrected chi connectivity index (χ4v) is 1.98. The third-order valence-electron chi connectivity index (χ3n) is 2.59. The zero-order valence-corrected chi connectivity index (χ0v) is 12.6. The fraction of sp³-hybridized carbons (Fsp3) is 0. The molecule has 0 spiro atoms. The summed E-state index contributed by atoms with van der Waals surface area (Å²) in [6.45, 7) is 0. The van der Waals surface area contributed by atoms with Gasteiger partial charge in [-0.25, -0.2) is 4.39 Å². The Kier molecular flexibility index (Phi) is 4.54. The molecule has 0 aromatic heterocycles. The number of anilines is 1. The van der Waals surface area contributed by atoms with E-state index in [2.05, 4.69) is 21.2 Å². The molecule has 108 valence electrons. The number of hydrogen-bond acceptors (Lipinski definition) is 3. The van der Waals surface area contributed by atoms with Crippen molar-refractivity contribution in [2.45, 2.75) is 0 Å². The van der Waals surface area contributed by atoms with Crippen LogP contribution in [0.3, 0.4) is 0 Å². The third kappa shape index (κ3) is 3.56. The molecule has 0 radical (unpaired) electrons. The van der Waals surface area contributed by atoms with E-state index in [-0.39, 0.29) is 16.9 Å². The molecular formula is C13H7BrClFN2O3. The molecule has 0 aliphatic carbocycles. The van der Waals surface area contributed by atoms with Crippen molar-refractivity contribution in [1.82, 2.24) is 0 Å². The Bertz CT molecular complexity index is 739. The van der Waals surface area contributed by atoms with Crippen LogP contribution < -0.4 is 5.32 Å². The largest absolute Gasteiger partial charge is 0.319 e. The number of rotatable bonds is 3. The summed E-state index contributed by atoms with van der Waals surface area (Å²) in [6, 6.07) is 7.34. The Morgan fingerprint density at radius 3 is 2.62 bits per heavy atom. The van der Waals surface area contributed by atoms with Gasteiger partial charge < -0.3 is 5.32 Å². The number of hydrogen-bond donors (Lipinski definition) is 1. The van der Waals surface area contributed by atoms with Gasteiger partial charge in [0.1, 0.15) is 5.82 Å². The van der Waals surface area contributed by atoms with Gasteiger partial charge in [0.05, 0.1) is 15.6 Å². The van der Waals surface area contributed by atoms with Crippen molar-refractivity contribution in [3.63, 3.8) is 0 Å². The maximum Gasteiger partial charge on any atom is 0.271 e. The number of nitro benzene ring substituents is 1. The van der Waals surface area contributed by atoms with Crippen molar-refractivity contribution in [2.75, 3.05) is 5.32 Å². The average molecular weight is 374 g/mol. The molecule has 0 bridgehead atoms. The topological polar surface area (TPSA) is 72.2 Å². The number of carbonyl (C=O) groups excluding carboxylic acids is 1. The third-order valence-corrected chi connectivity index (χ3v) is 3.82. The first-order valence-electron chi connectivity index (χ1n) is 5.59. The van der Waals surface area contributed by atoms with Crippen LogP contribution in [0.4, 0.5) is 15.8 Å². The van der Waals surface area contributed by atoms with E-state index in [1.165, 1.54) is 12.1 Å². The maximum absolute atomic E-state index is 13.6. The first kappa shape index (κ1) is 15.4. The van der Waals surface area contributed by atoms with Crippen molar-refractivity contribution in [3.8, 4) is 0 Å². The highest BCUT2D eigenvalue weighted by atomic mass is 79.9. The number of nitrogens with zero attached hydrogens (tertiary/aromatic N) is 1. The number of benzene rings is 2. The van der Waals surface area contributed by atoms with Crippen LogP contribution in [0.15, 0.2) is 40.9 Å². The summed E-state index contributed by atoms with van der Waals surface area (Å²) in [5, 5.41) is 13.2. The molecule has 2 aromatic carbocycles. The molecule has 2 rings (SSSR count). The number of amides is 1. The molecule has 1 amide bonds. The smallest absolute Gasteiger partial charge is 0.271 e. The van der Waals surface area contributed by atoms with Crippen molar-refractivity contribution in [1.29, 1.82) is 0 Å². The van der Waals surface area contributed by atoms with Crippen LogP contribution in [0.25, 0.3) is 0 Å². The fourth-order valence-electron chi connectivity index (χ4n) is 1.55. The second-order valence-electron chi connectivity index (χ2n) is 4.00. The molecule has 0 heterocycles. The molecule has 8 heteroatoms. The molecule has 0 atom stereocenters. The molecule has 0 saturated heterocycles. The van der Waals surface area contributed by atoms with Crippen LogP contribution in [0.1, 0.15) is 10.4 Å². The summed E-state index contributed by atoms with van der Waals surface area (Å²) in [5.74, 6) is -1.39. The predicted octanol–water partition coefficient (Wildman–Crippen LogP) is 4.40. The standard InChI is InChI=1S/C13H7BrClFN2O3/c14-9-3-1-7(5-10(9)15)13(19)17-12-6-8(18(20)21)2-4-11(12)16/h1-6H,(H,17,19). The van der Waals surface area contributed by atoms with Gasteiger partial charge in [0.2, 0.25) is 0 Å². The lowest BCUT2D eigenvalue weighted by Gasteiger charge is -2.07. The lowest BCUT2D eigenvalue weighted by molar-refractivity contribution is -0.384. The Labute approximate surface area is 132 Å². The van der Waals surface area contributed by atoms with Gasteiger partial charge in [-0.1, -0.05) is 11.6 Å². The molecular weight excluding hydrogens is 367 g/mol. The SMILES string of the molecule is O=C(Nc1cc([N+](=O)[O-])ccc1F)c1ccc(Br)c(Cl)c1. The second-order valence-corrected chi connectivity index (χ2v) is 5.27. The number of non-ortho nitro benzene ring substituents is 1. The van der Waals surface area contributed by atoms with Gasteiger partial charge in [0.15, 0.2) is 0 Å². The summed E-state index contributed by atoms with van der Waals surface area (Å²) < 4.78 is 14.2. The summed E-state index contributed by atoms with van der Waals surface area (Å²) in [7, 11) is 0. The van der Waals surface area contributed by atoms with Gasteiger partial charge in [-0.05, 0) is 40.2 Å². The number of nitrogens with one attached hydrogen (secondary N) is 1. The minimum Gasteiger partial charge on any atom is -0.319 e. The van der Waals surface area contributed by atoms with Crippen LogP contribution in [0, 0.1) is 15.9 Å². The molecule has 0 saturated carbocycles. The average Bonchev–Trinajstić information content (AvgIpc) is 2.43. The van der Waals surface area contributed by atoms with Gasteiger partial charge >= 0.3 is 0 Å². The van der Waals surface area contributed by atoms with Crippen molar-refractivity contribution in [3.05, 3.63) is 67.4 Å². The highest BCUT2D eigenvalue weighted by Gasteiger charge is 2.14. The van der Waals surface area contributed by atoms with Crippen molar-refractivity contribution >= 4 is 44.8 Å². The quantitative estimate of drug-likeness (QED) is 0.640. The van der Waals surface area contributed by atoms with E-state index in [4.69, 9.17) is 11.6 Å². The Balaban J connectivity index is 2.28. The number of carbonyl (C=O) groups is 1. The minimum absolute atomic E-state index is 0.203. The summed E-state index contributed by atoms with van der Waals surface area (Å²) >= 11 is 9.05. The molecule has 0 fully saturated rings. The zero-order chi connectivity index (χ0) is 15.6. The van der Waals surface area contributed by atoms with E-state index in [1.54, 1.807) is 6.07 Å². The van der Waals surface area contributed by atoms with Gasteiger partial charge in [-0.3, -0.25) is 14.9 Å². The monoisotopic (exact) mass is 372 g/mol. The Morgan fingerprint density at radius 1 is 1.29 bits per heavy atom. The highest BCUT2D eigenvalue weighted by Crippen LogP contribution is 2.25. The normalized spacial score (nSPS) is 10.2. The molecule has 21 heavy (non-hydrogen) atoms. The van der Waals surface area contributed by atoms with Gasteiger partial charge in [-0.15, -0.1) is 0 Å². The van der Waals surface area contributed by atoms with Crippen LogP contribution >= 0.6 is 27.5 Å². The summed E-state index contributed by atoms with van der Waals surface area (Å²) in [4.78, 5) is 22.0. The van der Waals surface area contributed by atoms with Gasteiger partial charge in [0.25, 0.3) is 11.6 Å². The zero-order valence-electron chi connectivity index (χ0n) is 10.3. The Morgan fingerprint density at radius 2 is 2.00 bits per heavy atom. The van der Waals surface area contributed by atoms with E-state index in [0.29, 0.717) is 9.50 Å². The van der Waals surface area contributed by atoms with Gasteiger partial charge in [-0.2, -0.15) is 0 Å². The summed E-state index contributed by atoms with van der Waals surface area (Å²) in [5.41, 5.74) is -0.386. The van der Waals surface area contributed by atoms with E-state index < -0.39 is 16.6 Å². The number of halogens is 3. The van der Waals surface area contributed by atoms with Crippen LogP contribution in [-0.2, 0) is 0 Å². The van der Waals surface area contributed by atoms with Gasteiger partial charge in [0, 0.05) is 22.2 Å². The highest BCUT2D eigenvalue weighted by molar-refractivity contribution is 9.10. The van der Waals surface area contributed by atoms with E-state index >= 15 is 0 Å². The molecule has 0 aliphatic heterocycles. The molecule has 2 aromatic rings. The summed E-state index contributed by atoms with van der Waals surface area (Å²) in [6.07, 6.45) is 0. The first-order valence-corrected chi connectivity index (χ1v) is 6.76. The second kappa shape index (κ2) is 6.19. The lowest BCUT2D eigenvalue weighted by atomic mass is 10.2. The first-order chi connectivity index (χ1) is 9.88. The van der Waals surface area contributed by atoms with E-state index in [9.17, 15) is 19.3 Å². The van der Waals surface area contributed by atoms with Crippen molar-refractivity contribution < 1.29 is 14.1 Å². The molecule has 5 nitrogen and oxygen atoms in total. The Hall–Kier alpha value is -1.99. The van der Waals surface area contributed by atoms with E-state index in [1.807, 2.05) is 0 Å². The van der Waals surface area contributed by atoms with Crippen LogP contribution in [-0.4, -0.2) is 10.8 Å². The molecule has 1 N–H and O–H groups in total. The van der Waals surface area contributed by atoms with Crippen molar-refractivity contribution in [2.24, 2.45) is 0 Å².